The second-order valence-corrected chi connectivity index (χ2v) is 7.25. The van der Waals surface area contributed by atoms with Crippen molar-refractivity contribution in [3.05, 3.63) is 73.9 Å². The van der Waals surface area contributed by atoms with E-state index >= 15 is 0 Å². The Labute approximate surface area is 173 Å². The maximum atomic E-state index is 12.6. The van der Waals surface area contributed by atoms with Crippen LogP contribution < -0.4 is 11.2 Å². The summed E-state index contributed by atoms with van der Waals surface area (Å²) in [7, 11) is -4.51. The molecule has 2 N–H and O–H groups in total. The molecule has 0 saturated carbocycles. The predicted octanol–water partition coefficient (Wildman–Crippen LogP) is 0.630. The van der Waals surface area contributed by atoms with Gasteiger partial charge in [0.25, 0.3) is 15.6 Å². The first-order valence-electron chi connectivity index (χ1n) is 6.75. The zero-order chi connectivity index (χ0) is 18.4. The van der Waals surface area contributed by atoms with Crippen molar-refractivity contribution in [2.24, 2.45) is 0 Å². The Morgan fingerprint density at radius 1 is 1.08 bits per heavy atom. The molecule has 0 atom stereocenters. The quantitative estimate of drug-likeness (QED) is 0.616. The topological polar surface area (TPSA) is 126 Å². The molecular formula is C15H10ClN2NaO6S. The monoisotopic (exact) mass is 404 g/mol. The first-order valence-corrected chi connectivity index (χ1v) is 8.57. The van der Waals surface area contributed by atoms with E-state index in [4.69, 9.17) is 16.7 Å². The van der Waals surface area contributed by atoms with Crippen LogP contribution in [0, 0.1) is 0 Å². The Morgan fingerprint density at radius 2 is 1.69 bits per heavy atom. The number of rotatable bonds is 3. The van der Waals surface area contributed by atoms with E-state index in [1.165, 1.54) is 18.2 Å². The number of nitrogens with zero attached hydrogens (tertiary/aromatic N) is 1. The molecule has 2 aromatic carbocycles. The van der Waals surface area contributed by atoms with Crippen molar-refractivity contribution in [2.75, 3.05) is 0 Å². The van der Waals surface area contributed by atoms with E-state index in [0.717, 1.165) is 24.3 Å². The SMILES string of the molecule is O=C(O)c1ccc(S(=O)(=O)n2c(=O)[nH]c3cc(Cl)ccc3c2=O)cc1.[NaH]. The molecule has 130 valence electrons. The van der Waals surface area contributed by atoms with Crippen molar-refractivity contribution in [3.8, 4) is 0 Å². The summed E-state index contributed by atoms with van der Waals surface area (Å²) in [5.41, 5.74) is -2.21. The molecule has 0 spiro atoms. The zero-order valence-corrected chi connectivity index (χ0v) is 13.8. The summed E-state index contributed by atoms with van der Waals surface area (Å²) < 4.78 is 25.4. The molecule has 0 amide bonds. The molecule has 0 fully saturated rings. The van der Waals surface area contributed by atoms with Crippen LogP contribution in [0.3, 0.4) is 0 Å². The number of H-pyrrole nitrogens is 1. The van der Waals surface area contributed by atoms with Gasteiger partial charge in [-0.25, -0.2) is 18.0 Å². The van der Waals surface area contributed by atoms with Gasteiger partial charge in [-0.3, -0.25) is 4.79 Å². The van der Waals surface area contributed by atoms with Gasteiger partial charge in [0.15, 0.2) is 0 Å². The molecule has 0 aliphatic carbocycles. The van der Waals surface area contributed by atoms with E-state index in [1.54, 1.807) is 0 Å². The number of carboxylic acid groups (broad SMARTS) is 1. The van der Waals surface area contributed by atoms with E-state index in [2.05, 4.69) is 4.98 Å². The molecule has 0 saturated heterocycles. The fourth-order valence-electron chi connectivity index (χ4n) is 2.27. The maximum absolute atomic E-state index is 12.6. The number of benzene rings is 2. The number of carboxylic acids is 1. The van der Waals surface area contributed by atoms with Crippen molar-refractivity contribution in [1.29, 1.82) is 0 Å². The molecule has 1 heterocycles. The van der Waals surface area contributed by atoms with Crippen molar-refractivity contribution in [2.45, 2.75) is 4.90 Å². The van der Waals surface area contributed by atoms with E-state index in [-0.39, 0.29) is 55.0 Å². The standard InChI is InChI=1S/C15H9ClN2O6S.Na.H/c16-9-3-6-11-12(7-9)17-15(22)18(13(11)19)25(23,24)10-4-1-8(2-5-10)14(20)21;;/h1-7H,(H,17,22)(H,20,21);;. The molecular weight excluding hydrogens is 395 g/mol. The molecule has 11 heteroatoms. The van der Waals surface area contributed by atoms with Gasteiger partial charge in [0.2, 0.25) is 0 Å². The Balaban J connectivity index is 0.00000243. The van der Waals surface area contributed by atoms with Crippen molar-refractivity contribution in [1.82, 2.24) is 8.96 Å². The van der Waals surface area contributed by atoms with Gasteiger partial charge in [-0.15, -0.1) is 3.97 Å². The number of aromatic amines is 1. The number of hydrogen-bond acceptors (Lipinski definition) is 5. The Bertz CT molecular complexity index is 1230. The first kappa shape index (κ1) is 20.4. The fourth-order valence-corrected chi connectivity index (χ4v) is 3.71. The molecule has 26 heavy (non-hydrogen) atoms. The summed E-state index contributed by atoms with van der Waals surface area (Å²) in [6, 6.07) is 8.17. The number of aromatic carboxylic acids is 1. The van der Waals surface area contributed by atoms with Gasteiger partial charge >= 0.3 is 41.2 Å². The molecule has 0 aliphatic heterocycles. The average Bonchev–Trinajstić information content (AvgIpc) is 2.54. The number of halogens is 1. The minimum absolute atomic E-state index is 0. The summed E-state index contributed by atoms with van der Waals surface area (Å²) in [4.78, 5) is 37.4. The molecule has 0 unspecified atom stereocenters. The van der Waals surface area contributed by atoms with Gasteiger partial charge in [-0.1, -0.05) is 11.6 Å². The van der Waals surface area contributed by atoms with Gasteiger partial charge in [0.05, 0.1) is 21.4 Å². The summed E-state index contributed by atoms with van der Waals surface area (Å²) in [6.45, 7) is 0. The second kappa shape index (κ2) is 7.37. The van der Waals surface area contributed by atoms with Crippen LogP contribution in [0.1, 0.15) is 10.4 Å². The Morgan fingerprint density at radius 3 is 2.27 bits per heavy atom. The average molecular weight is 405 g/mol. The van der Waals surface area contributed by atoms with Crippen molar-refractivity contribution >= 4 is 68.1 Å². The van der Waals surface area contributed by atoms with Crippen LogP contribution in [0.25, 0.3) is 10.9 Å². The van der Waals surface area contributed by atoms with Gasteiger partial charge in [0, 0.05) is 5.02 Å². The third kappa shape index (κ3) is 3.49. The van der Waals surface area contributed by atoms with Crippen LogP contribution in [-0.2, 0) is 10.0 Å². The molecule has 8 nitrogen and oxygen atoms in total. The first-order chi connectivity index (χ1) is 11.7. The molecule has 0 bridgehead atoms. The van der Waals surface area contributed by atoms with Gasteiger partial charge in [-0.2, -0.15) is 0 Å². The predicted molar refractivity (Wildman–Crippen MR) is 97.0 cm³/mol. The second-order valence-electron chi connectivity index (χ2n) is 5.02. The number of nitrogens with one attached hydrogen (secondary N) is 1. The molecule has 3 aromatic rings. The van der Waals surface area contributed by atoms with Crippen LogP contribution >= 0.6 is 11.6 Å². The Hall–Kier alpha value is -1.91. The van der Waals surface area contributed by atoms with Crippen LogP contribution in [0.4, 0.5) is 0 Å². The summed E-state index contributed by atoms with van der Waals surface area (Å²) >= 11 is 5.79. The van der Waals surface area contributed by atoms with Gasteiger partial charge in [0.1, 0.15) is 0 Å². The van der Waals surface area contributed by atoms with Gasteiger partial charge in [-0.05, 0) is 42.5 Å². The number of hydrogen-bond donors (Lipinski definition) is 2. The normalized spacial score (nSPS) is 11.1. The van der Waals surface area contributed by atoms with Crippen molar-refractivity contribution in [3.63, 3.8) is 0 Å². The molecule has 3 rings (SSSR count). The molecule has 0 aliphatic rings. The molecule has 0 radical (unpaired) electrons. The van der Waals surface area contributed by atoms with E-state index < -0.39 is 32.1 Å². The number of carbonyl (C=O) groups is 1. The summed E-state index contributed by atoms with van der Waals surface area (Å²) in [5.74, 6) is -1.23. The number of aromatic nitrogens is 2. The van der Waals surface area contributed by atoms with E-state index in [0.29, 0.717) is 0 Å². The molecule has 1 aromatic heterocycles. The summed E-state index contributed by atoms with van der Waals surface area (Å²) in [6.07, 6.45) is 0. The summed E-state index contributed by atoms with van der Waals surface area (Å²) in [5, 5.41) is 9.09. The van der Waals surface area contributed by atoms with E-state index in [9.17, 15) is 22.8 Å². The van der Waals surface area contributed by atoms with Crippen LogP contribution in [0.2, 0.25) is 5.02 Å². The van der Waals surface area contributed by atoms with Crippen LogP contribution in [0.15, 0.2) is 56.9 Å². The number of fused-ring (bicyclic) bond motifs is 1. The van der Waals surface area contributed by atoms with Gasteiger partial charge < -0.3 is 10.1 Å². The van der Waals surface area contributed by atoms with Crippen molar-refractivity contribution < 1.29 is 18.3 Å². The third-order valence-electron chi connectivity index (χ3n) is 3.46. The van der Waals surface area contributed by atoms with E-state index in [1.807, 2.05) is 0 Å². The van der Waals surface area contributed by atoms with Crippen LogP contribution in [0.5, 0.6) is 0 Å². The Kier molecular flexibility index (Phi) is 5.79. The fraction of sp³-hybridized carbons (Fsp3) is 0. The zero-order valence-electron chi connectivity index (χ0n) is 12.3. The van der Waals surface area contributed by atoms with Crippen LogP contribution in [-0.4, -0.2) is 58.0 Å². The third-order valence-corrected chi connectivity index (χ3v) is 5.38. The minimum atomic E-state index is -4.51.